The molecule has 1 amide bonds. The zero-order valence-electron chi connectivity index (χ0n) is 12.5. The fourth-order valence-electron chi connectivity index (χ4n) is 1.64. The molecule has 7 heteroatoms. The Bertz CT molecular complexity index is 514. The maximum absolute atomic E-state index is 12.0. The van der Waals surface area contributed by atoms with Gasteiger partial charge in [-0.2, -0.15) is 0 Å². The number of hydrogen-bond acceptors (Lipinski definition) is 6. The average molecular weight is 297 g/mol. The summed E-state index contributed by atoms with van der Waals surface area (Å²) in [5.41, 5.74) is 0.382. The highest BCUT2D eigenvalue weighted by Crippen LogP contribution is 2.33. The van der Waals surface area contributed by atoms with Crippen molar-refractivity contribution in [3.8, 4) is 11.5 Å². The molecule has 1 aromatic carbocycles. The van der Waals surface area contributed by atoms with Crippen LogP contribution in [-0.2, 0) is 9.47 Å². The lowest BCUT2D eigenvalue weighted by atomic mass is 10.1. The van der Waals surface area contributed by atoms with E-state index in [1.807, 2.05) is 0 Å². The summed E-state index contributed by atoms with van der Waals surface area (Å²) in [6, 6.07) is 2.92. The monoisotopic (exact) mass is 297 g/mol. The van der Waals surface area contributed by atoms with E-state index in [0.29, 0.717) is 11.5 Å². The van der Waals surface area contributed by atoms with E-state index in [1.165, 1.54) is 26.4 Å². The summed E-state index contributed by atoms with van der Waals surface area (Å²) in [6.07, 6.45) is -0.671. The van der Waals surface area contributed by atoms with Crippen molar-refractivity contribution in [1.82, 2.24) is 0 Å². The quantitative estimate of drug-likeness (QED) is 0.812. The van der Waals surface area contributed by atoms with Crippen molar-refractivity contribution >= 4 is 17.7 Å². The lowest BCUT2D eigenvalue weighted by molar-refractivity contribution is 0.0527. The summed E-state index contributed by atoms with van der Waals surface area (Å²) in [5.74, 6) is 0.151. The molecule has 0 fully saturated rings. The summed E-state index contributed by atoms with van der Waals surface area (Å²) in [5, 5.41) is 2.48. The van der Waals surface area contributed by atoms with Crippen LogP contribution in [0.15, 0.2) is 12.1 Å². The van der Waals surface area contributed by atoms with Gasteiger partial charge in [0, 0.05) is 12.1 Å². The fraction of sp³-hybridized carbons (Fsp3) is 0.429. The molecule has 0 aliphatic heterocycles. The third-order valence-corrected chi connectivity index (χ3v) is 2.53. The van der Waals surface area contributed by atoms with Crippen LogP contribution in [-0.4, -0.2) is 39.5 Å². The van der Waals surface area contributed by atoms with E-state index < -0.39 is 12.1 Å². The van der Waals surface area contributed by atoms with Crippen LogP contribution in [0.4, 0.5) is 10.5 Å². The third kappa shape index (κ3) is 4.27. The minimum absolute atomic E-state index is 0.155. The van der Waals surface area contributed by atoms with Gasteiger partial charge in [-0.1, -0.05) is 0 Å². The van der Waals surface area contributed by atoms with Crippen molar-refractivity contribution in [2.24, 2.45) is 0 Å². The third-order valence-electron chi connectivity index (χ3n) is 2.53. The maximum atomic E-state index is 12.0. The summed E-state index contributed by atoms with van der Waals surface area (Å²) in [4.78, 5) is 23.5. The van der Waals surface area contributed by atoms with Gasteiger partial charge in [0.05, 0.1) is 38.7 Å². The number of rotatable bonds is 6. The molecule has 0 saturated heterocycles. The van der Waals surface area contributed by atoms with Gasteiger partial charge < -0.3 is 18.9 Å². The van der Waals surface area contributed by atoms with Crippen LogP contribution >= 0.6 is 0 Å². The van der Waals surface area contributed by atoms with Crippen molar-refractivity contribution in [1.29, 1.82) is 0 Å². The van der Waals surface area contributed by atoms with Crippen molar-refractivity contribution in [2.45, 2.75) is 13.8 Å². The molecule has 0 radical (unpaired) electrons. The minimum Gasteiger partial charge on any atom is -0.493 e. The molecule has 1 rings (SSSR count). The maximum Gasteiger partial charge on any atom is 0.411 e. The number of carbonyl (C=O) groups is 2. The Kier molecular flexibility index (Phi) is 6.32. The molecule has 0 atom stereocenters. The highest BCUT2D eigenvalue weighted by molar-refractivity contribution is 6.00. The topological polar surface area (TPSA) is 83.1 Å². The molecule has 0 spiro atoms. The van der Waals surface area contributed by atoms with E-state index >= 15 is 0 Å². The van der Waals surface area contributed by atoms with Crippen molar-refractivity contribution in [3.05, 3.63) is 17.7 Å². The molecule has 116 valence electrons. The van der Waals surface area contributed by atoms with Crippen molar-refractivity contribution in [2.75, 3.05) is 32.8 Å². The Labute approximate surface area is 123 Å². The van der Waals surface area contributed by atoms with Gasteiger partial charge in [0.15, 0.2) is 11.5 Å². The Hall–Kier alpha value is -2.44. The van der Waals surface area contributed by atoms with Crippen LogP contribution in [0.2, 0.25) is 0 Å². The molecule has 21 heavy (non-hydrogen) atoms. The number of methoxy groups -OCH3 is 2. The normalized spacial score (nSPS) is 9.71. The number of amides is 1. The predicted octanol–water partition coefficient (Wildman–Crippen LogP) is 2.45. The Morgan fingerprint density at radius 3 is 2.10 bits per heavy atom. The molecular formula is C14H19NO6. The zero-order chi connectivity index (χ0) is 15.8. The first-order chi connectivity index (χ1) is 10.1. The zero-order valence-corrected chi connectivity index (χ0v) is 12.5. The SMILES string of the molecule is CCOC(=O)Nc1cc(OC)c(OC)cc1C(=O)OCC. The molecule has 0 unspecified atom stereocenters. The number of anilines is 1. The van der Waals surface area contributed by atoms with Gasteiger partial charge in [-0.3, -0.25) is 5.32 Å². The van der Waals surface area contributed by atoms with E-state index in [-0.39, 0.29) is 24.5 Å². The van der Waals surface area contributed by atoms with Gasteiger partial charge in [-0.05, 0) is 13.8 Å². The van der Waals surface area contributed by atoms with Gasteiger partial charge >= 0.3 is 12.1 Å². The van der Waals surface area contributed by atoms with E-state index in [4.69, 9.17) is 18.9 Å². The molecule has 0 aliphatic carbocycles. The number of ether oxygens (including phenoxy) is 4. The molecule has 7 nitrogen and oxygen atoms in total. The van der Waals surface area contributed by atoms with Gasteiger partial charge in [-0.25, -0.2) is 9.59 Å². The van der Waals surface area contributed by atoms with Crippen LogP contribution in [0.1, 0.15) is 24.2 Å². The first-order valence-corrected chi connectivity index (χ1v) is 6.44. The largest absolute Gasteiger partial charge is 0.493 e. The Morgan fingerprint density at radius 1 is 1.00 bits per heavy atom. The van der Waals surface area contributed by atoms with Gasteiger partial charge in [-0.15, -0.1) is 0 Å². The molecule has 0 aliphatic rings. The van der Waals surface area contributed by atoms with Crippen LogP contribution in [0.3, 0.4) is 0 Å². The number of carbonyl (C=O) groups excluding carboxylic acids is 2. The second kappa shape index (κ2) is 7.98. The van der Waals surface area contributed by atoms with Crippen molar-refractivity contribution < 1.29 is 28.5 Å². The van der Waals surface area contributed by atoms with Gasteiger partial charge in [0.2, 0.25) is 0 Å². The van der Waals surface area contributed by atoms with E-state index in [1.54, 1.807) is 13.8 Å². The average Bonchev–Trinajstić information content (AvgIpc) is 2.47. The second-order valence-corrected chi connectivity index (χ2v) is 3.82. The first-order valence-electron chi connectivity index (χ1n) is 6.44. The molecule has 0 aromatic heterocycles. The Morgan fingerprint density at radius 2 is 1.57 bits per heavy atom. The number of nitrogens with one attached hydrogen (secondary N) is 1. The predicted molar refractivity (Wildman–Crippen MR) is 76.1 cm³/mol. The second-order valence-electron chi connectivity index (χ2n) is 3.82. The molecule has 1 N–H and O–H groups in total. The lowest BCUT2D eigenvalue weighted by Crippen LogP contribution is -2.17. The molecule has 0 saturated carbocycles. The van der Waals surface area contributed by atoms with E-state index in [9.17, 15) is 9.59 Å². The van der Waals surface area contributed by atoms with E-state index in [2.05, 4.69) is 5.32 Å². The summed E-state index contributed by atoms with van der Waals surface area (Å²) in [6.45, 7) is 3.80. The standard InChI is InChI=1S/C14H19NO6/c1-5-20-13(16)9-7-11(18-3)12(19-4)8-10(9)15-14(17)21-6-2/h7-8H,5-6H2,1-4H3,(H,15,17). The van der Waals surface area contributed by atoms with Gasteiger partial charge in [0.1, 0.15) is 0 Å². The summed E-state index contributed by atoms with van der Waals surface area (Å²) >= 11 is 0. The van der Waals surface area contributed by atoms with Crippen LogP contribution in [0.25, 0.3) is 0 Å². The van der Waals surface area contributed by atoms with Crippen LogP contribution in [0, 0.1) is 0 Å². The fourth-order valence-corrected chi connectivity index (χ4v) is 1.64. The Balaban J connectivity index is 3.22. The molecule has 0 heterocycles. The molecule has 0 bridgehead atoms. The first kappa shape index (κ1) is 16.6. The smallest absolute Gasteiger partial charge is 0.411 e. The summed E-state index contributed by atoms with van der Waals surface area (Å²) in [7, 11) is 2.90. The molecular weight excluding hydrogens is 278 g/mol. The lowest BCUT2D eigenvalue weighted by Gasteiger charge is -2.14. The van der Waals surface area contributed by atoms with E-state index in [0.717, 1.165) is 0 Å². The molecule has 1 aromatic rings. The summed E-state index contributed by atoms with van der Waals surface area (Å²) < 4.78 is 20.0. The minimum atomic E-state index is -0.671. The number of esters is 1. The highest BCUT2D eigenvalue weighted by Gasteiger charge is 2.19. The van der Waals surface area contributed by atoms with Crippen LogP contribution in [0.5, 0.6) is 11.5 Å². The number of hydrogen-bond donors (Lipinski definition) is 1. The van der Waals surface area contributed by atoms with Crippen LogP contribution < -0.4 is 14.8 Å². The highest BCUT2D eigenvalue weighted by atomic mass is 16.5. The number of benzene rings is 1. The van der Waals surface area contributed by atoms with Gasteiger partial charge in [0.25, 0.3) is 0 Å². The van der Waals surface area contributed by atoms with Crippen molar-refractivity contribution in [3.63, 3.8) is 0 Å².